The number of nitro benzene ring substituents is 1. The molecule has 148 valence electrons. The van der Waals surface area contributed by atoms with Crippen LogP contribution in [0.4, 0.5) is 17.1 Å². The van der Waals surface area contributed by atoms with Crippen molar-refractivity contribution in [2.24, 2.45) is 5.92 Å². The molecule has 0 bridgehead atoms. The predicted molar refractivity (Wildman–Crippen MR) is 109 cm³/mol. The molecule has 1 aliphatic rings. The minimum Gasteiger partial charge on any atom is -0.487 e. The average Bonchev–Trinajstić information content (AvgIpc) is 2.69. The molecule has 28 heavy (non-hydrogen) atoms. The summed E-state index contributed by atoms with van der Waals surface area (Å²) in [6.07, 6.45) is 2.38. The van der Waals surface area contributed by atoms with E-state index in [0.29, 0.717) is 12.3 Å². The van der Waals surface area contributed by atoms with Crippen molar-refractivity contribution in [2.45, 2.75) is 26.7 Å². The number of piperidine rings is 1. The Labute approximate surface area is 164 Å². The normalized spacial score (nSPS) is 14.6. The first kappa shape index (κ1) is 19.7. The van der Waals surface area contributed by atoms with Crippen LogP contribution in [0.1, 0.15) is 37.0 Å². The molecule has 2 aromatic carbocycles. The minimum atomic E-state index is -0.546. The molecular weight excluding hydrogens is 358 g/mol. The first-order valence-electron chi connectivity index (χ1n) is 9.55. The van der Waals surface area contributed by atoms with E-state index in [1.54, 1.807) is 6.92 Å². The molecule has 0 saturated carbocycles. The molecule has 0 aromatic heterocycles. The number of hydrogen-bond donors (Lipinski definition) is 1. The fraction of sp³-hybridized carbons (Fsp3) is 0.381. The number of rotatable bonds is 6. The Morgan fingerprint density at radius 1 is 1.21 bits per heavy atom. The molecule has 1 fully saturated rings. The van der Waals surface area contributed by atoms with E-state index in [1.807, 2.05) is 24.3 Å². The van der Waals surface area contributed by atoms with E-state index in [2.05, 4.69) is 17.1 Å². The van der Waals surface area contributed by atoms with Crippen molar-refractivity contribution in [2.75, 3.05) is 29.9 Å². The van der Waals surface area contributed by atoms with Crippen LogP contribution < -0.4 is 15.0 Å². The molecule has 1 heterocycles. The molecule has 7 heteroatoms. The van der Waals surface area contributed by atoms with Gasteiger partial charge in [-0.25, -0.2) is 0 Å². The molecule has 1 aliphatic heterocycles. The fourth-order valence-corrected chi connectivity index (χ4v) is 3.30. The Morgan fingerprint density at radius 2 is 1.89 bits per heavy atom. The van der Waals surface area contributed by atoms with Gasteiger partial charge in [-0.15, -0.1) is 0 Å². The zero-order valence-electron chi connectivity index (χ0n) is 16.2. The smallest absolute Gasteiger partial charge is 0.311 e. The van der Waals surface area contributed by atoms with Gasteiger partial charge < -0.3 is 15.0 Å². The average molecular weight is 383 g/mol. The molecule has 0 atom stereocenters. The summed E-state index contributed by atoms with van der Waals surface area (Å²) in [4.78, 5) is 25.5. The molecule has 1 saturated heterocycles. The lowest BCUT2D eigenvalue weighted by atomic mass is 9.99. The van der Waals surface area contributed by atoms with E-state index in [9.17, 15) is 14.9 Å². The van der Waals surface area contributed by atoms with E-state index in [-0.39, 0.29) is 17.0 Å². The molecule has 1 N–H and O–H groups in total. The third-order valence-electron chi connectivity index (χ3n) is 4.99. The first-order chi connectivity index (χ1) is 13.5. The van der Waals surface area contributed by atoms with Gasteiger partial charge in [-0.05, 0) is 62.1 Å². The lowest BCUT2D eigenvalue weighted by molar-refractivity contribution is -0.385. The largest absolute Gasteiger partial charge is 0.487 e. The Morgan fingerprint density at radius 3 is 2.50 bits per heavy atom. The van der Waals surface area contributed by atoms with Crippen LogP contribution in [0.2, 0.25) is 0 Å². The molecule has 2 aromatic rings. The minimum absolute atomic E-state index is 0.157. The van der Waals surface area contributed by atoms with Crippen molar-refractivity contribution in [3.05, 3.63) is 58.1 Å². The van der Waals surface area contributed by atoms with Crippen LogP contribution in [0.3, 0.4) is 0 Å². The summed E-state index contributed by atoms with van der Waals surface area (Å²) in [5.74, 6) is 0.530. The molecule has 0 radical (unpaired) electrons. The predicted octanol–water partition coefficient (Wildman–Crippen LogP) is 4.48. The van der Waals surface area contributed by atoms with Gasteiger partial charge in [-0.3, -0.25) is 14.9 Å². The highest BCUT2D eigenvalue weighted by atomic mass is 16.6. The Hall–Kier alpha value is -3.09. The van der Waals surface area contributed by atoms with Crippen molar-refractivity contribution in [1.29, 1.82) is 0 Å². The Bertz CT molecular complexity index is 843. The zero-order chi connectivity index (χ0) is 20.1. The number of amides is 1. The van der Waals surface area contributed by atoms with Crippen LogP contribution in [-0.4, -0.2) is 30.5 Å². The quantitative estimate of drug-likeness (QED) is 0.587. The summed E-state index contributed by atoms with van der Waals surface area (Å²) < 4.78 is 5.25. The number of nitro groups is 1. The van der Waals surface area contributed by atoms with Crippen LogP contribution in [0.25, 0.3) is 0 Å². The summed E-state index contributed by atoms with van der Waals surface area (Å²) in [6.45, 7) is 6.43. The number of ether oxygens (including phenoxy) is 1. The molecular formula is C21H25N3O4. The highest BCUT2D eigenvalue weighted by Gasteiger charge is 2.19. The number of nitrogens with zero attached hydrogens (tertiary/aromatic N) is 2. The van der Waals surface area contributed by atoms with Gasteiger partial charge in [0.2, 0.25) is 0 Å². The second-order valence-electron chi connectivity index (χ2n) is 7.04. The van der Waals surface area contributed by atoms with Gasteiger partial charge >= 0.3 is 5.69 Å². The van der Waals surface area contributed by atoms with Crippen LogP contribution in [0.15, 0.2) is 42.5 Å². The third kappa shape index (κ3) is 4.60. The van der Waals surface area contributed by atoms with E-state index in [1.165, 1.54) is 31.0 Å². The highest BCUT2D eigenvalue weighted by Crippen LogP contribution is 2.29. The van der Waals surface area contributed by atoms with Crippen molar-refractivity contribution in [3.8, 4) is 5.75 Å². The summed E-state index contributed by atoms with van der Waals surface area (Å²) in [7, 11) is 0. The van der Waals surface area contributed by atoms with Crippen molar-refractivity contribution in [3.63, 3.8) is 0 Å². The topological polar surface area (TPSA) is 84.7 Å². The maximum atomic E-state index is 12.5. The van der Waals surface area contributed by atoms with Crippen LogP contribution in [0, 0.1) is 16.0 Å². The number of anilines is 2. The highest BCUT2D eigenvalue weighted by molar-refractivity contribution is 6.04. The standard InChI is InChI=1S/C21H25N3O4/c1-3-28-20-9-4-16(14-19(20)24(26)27)21(25)22-17-5-7-18(8-6-17)23-12-10-15(2)11-13-23/h4-9,14-15H,3,10-13H2,1-2H3,(H,22,25). The lowest BCUT2D eigenvalue weighted by Crippen LogP contribution is -2.32. The van der Waals surface area contributed by atoms with E-state index in [4.69, 9.17) is 4.74 Å². The number of carbonyl (C=O) groups excluding carboxylic acids is 1. The van der Waals surface area contributed by atoms with E-state index in [0.717, 1.165) is 24.7 Å². The summed E-state index contributed by atoms with van der Waals surface area (Å²) in [5, 5.41) is 14.0. The van der Waals surface area contributed by atoms with Crippen molar-refractivity contribution < 1.29 is 14.5 Å². The third-order valence-corrected chi connectivity index (χ3v) is 4.99. The molecule has 1 amide bonds. The van der Waals surface area contributed by atoms with Gasteiger partial charge in [0.1, 0.15) is 0 Å². The lowest BCUT2D eigenvalue weighted by Gasteiger charge is -2.32. The maximum absolute atomic E-state index is 12.5. The number of nitrogens with one attached hydrogen (secondary N) is 1. The van der Waals surface area contributed by atoms with Gasteiger partial charge in [0, 0.05) is 36.1 Å². The number of benzene rings is 2. The second kappa shape index (κ2) is 8.73. The van der Waals surface area contributed by atoms with Gasteiger partial charge in [0.25, 0.3) is 5.91 Å². The second-order valence-corrected chi connectivity index (χ2v) is 7.04. The van der Waals surface area contributed by atoms with Crippen molar-refractivity contribution >= 4 is 23.0 Å². The van der Waals surface area contributed by atoms with Gasteiger partial charge in [0.05, 0.1) is 11.5 Å². The summed E-state index contributed by atoms with van der Waals surface area (Å²) >= 11 is 0. The number of hydrogen-bond acceptors (Lipinski definition) is 5. The molecule has 0 aliphatic carbocycles. The summed E-state index contributed by atoms with van der Waals surface area (Å²) in [5.41, 5.74) is 1.78. The summed E-state index contributed by atoms with van der Waals surface area (Å²) in [6, 6.07) is 11.9. The molecule has 7 nitrogen and oxygen atoms in total. The molecule has 0 unspecified atom stereocenters. The van der Waals surface area contributed by atoms with Crippen LogP contribution in [0.5, 0.6) is 5.75 Å². The maximum Gasteiger partial charge on any atom is 0.311 e. The van der Waals surface area contributed by atoms with Gasteiger partial charge in [-0.1, -0.05) is 6.92 Å². The zero-order valence-corrected chi connectivity index (χ0v) is 16.2. The SMILES string of the molecule is CCOc1ccc(C(=O)Nc2ccc(N3CCC(C)CC3)cc2)cc1[N+](=O)[O-]. The van der Waals surface area contributed by atoms with Crippen LogP contribution >= 0.6 is 0 Å². The van der Waals surface area contributed by atoms with E-state index < -0.39 is 10.8 Å². The molecule has 3 rings (SSSR count). The van der Waals surface area contributed by atoms with Gasteiger partial charge in [0.15, 0.2) is 5.75 Å². The van der Waals surface area contributed by atoms with Crippen molar-refractivity contribution in [1.82, 2.24) is 0 Å². The Balaban J connectivity index is 1.69. The first-order valence-corrected chi connectivity index (χ1v) is 9.55. The van der Waals surface area contributed by atoms with Gasteiger partial charge in [-0.2, -0.15) is 0 Å². The van der Waals surface area contributed by atoms with Crippen LogP contribution in [-0.2, 0) is 0 Å². The monoisotopic (exact) mass is 383 g/mol. The number of carbonyl (C=O) groups is 1. The fourth-order valence-electron chi connectivity index (χ4n) is 3.30. The molecule has 0 spiro atoms. The van der Waals surface area contributed by atoms with E-state index >= 15 is 0 Å². The Kier molecular flexibility index (Phi) is 6.13.